The molecule has 0 amide bonds. The predicted octanol–water partition coefficient (Wildman–Crippen LogP) is 1.77. The van der Waals surface area contributed by atoms with Crippen LogP contribution in [-0.2, 0) is 0 Å². The van der Waals surface area contributed by atoms with Crippen molar-refractivity contribution in [2.45, 2.75) is 18.9 Å². The molecule has 0 saturated carbocycles. The van der Waals surface area contributed by atoms with Gasteiger partial charge in [0.05, 0.1) is 16.1 Å². The largest absolute Gasteiger partial charge is 0.469 e. The number of piperidine rings is 1. The summed E-state index contributed by atoms with van der Waals surface area (Å²) in [7, 11) is 0. The van der Waals surface area contributed by atoms with Gasteiger partial charge in [0.2, 0.25) is 0 Å². The van der Waals surface area contributed by atoms with E-state index in [2.05, 4.69) is 10.3 Å². The molecule has 0 aliphatic carbocycles. The summed E-state index contributed by atoms with van der Waals surface area (Å²) < 4.78 is 5.55. The molecule has 92 valence electrons. The van der Waals surface area contributed by atoms with E-state index in [9.17, 15) is 10.1 Å². The Bertz CT molecular complexity index is 421. The maximum absolute atomic E-state index is 10.8. The molecule has 1 N–H and O–H groups in total. The standard InChI is InChI=1S/C10H12ClN3O3/c11-7-5-9(14(15)16)10(13-6-7)17-8-1-3-12-4-2-8/h5-6,8,12H,1-4H2. The SMILES string of the molecule is O=[N+]([O-])c1cc(Cl)cnc1OC1CCNCC1. The van der Waals surface area contributed by atoms with Gasteiger partial charge in [0.15, 0.2) is 0 Å². The molecule has 0 atom stereocenters. The van der Waals surface area contributed by atoms with Crippen molar-refractivity contribution in [3.8, 4) is 5.88 Å². The van der Waals surface area contributed by atoms with Gasteiger partial charge in [-0.05, 0) is 25.9 Å². The number of nitrogens with one attached hydrogen (secondary N) is 1. The van der Waals surface area contributed by atoms with Crippen molar-refractivity contribution >= 4 is 17.3 Å². The number of nitro groups is 1. The fourth-order valence-electron chi connectivity index (χ4n) is 1.71. The van der Waals surface area contributed by atoms with Crippen molar-refractivity contribution in [1.29, 1.82) is 0 Å². The fourth-order valence-corrected chi connectivity index (χ4v) is 1.86. The van der Waals surface area contributed by atoms with Crippen molar-refractivity contribution in [3.05, 3.63) is 27.4 Å². The van der Waals surface area contributed by atoms with Gasteiger partial charge in [0.1, 0.15) is 6.10 Å². The summed E-state index contributed by atoms with van der Waals surface area (Å²) >= 11 is 5.67. The lowest BCUT2D eigenvalue weighted by Crippen LogP contribution is -2.34. The average Bonchev–Trinajstić information content (AvgIpc) is 2.32. The highest BCUT2D eigenvalue weighted by molar-refractivity contribution is 6.30. The summed E-state index contributed by atoms with van der Waals surface area (Å²) in [4.78, 5) is 14.2. The van der Waals surface area contributed by atoms with E-state index in [1.54, 1.807) is 0 Å². The summed E-state index contributed by atoms with van der Waals surface area (Å²) in [6, 6.07) is 1.25. The van der Waals surface area contributed by atoms with E-state index in [-0.39, 0.29) is 22.7 Å². The van der Waals surface area contributed by atoms with E-state index in [1.165, 1.54) is 12.3 Å². The lowest BCUT2D eigenvalue weighted by molar-refractivity contribution is -0.386. The molecule has 0 bridgehead atoms. The minimum atomic E-state index is -0.532. The molecule has 1 aliphatic rings. The Hall–Kier alpha value is -1.40. The molecule has 6 nitrogen and oxygen atoms in total. The van der Waals surface area contributed by atoms with Crippen molar-refractivity contribution in [3.63, 3.8) is 0 Å². The zero-order chi connectivity index (χ0) is 12.3. The highest BCUT2D eigenvalue weighted by Crippen LogP contribution is 2.28. The van der Waals surface area contributed by atoms with Crippen LogP contribution in [0.25, 0.3) is 0 Å². The van der Waals surface area contributed by atoms with Crippen molar-refractivity contribution in [2.24, 2.45) is 0 Å². The molecule has 0 radical (unpaired) electrons. The Labute approximate surface area is 103 Å². The van der Waals surface area contributed by atoms with Crippen LogP contribution in [-0.4, -0.2) is 29.1 Å². The van der Waals surface area contributed by atoms with E-state index < -0.39 is 4.92 Å². The number of hydrogen-bond acceptors (Lipinski definition) is 5. The van der Waals surface area contributed by atoms with Crippen LogP contribution in [0.1, 0.15) is 12.8 Å². The van der Waals surface area contributed by atoms with E-state index in [1.807, 2.05) is 0 Å². The van der Waals surface area contributed by atoms with Gasteiger partial charge in [-0.2, -0.15) is 0 Å². The number of aromatic nitrogens is 1. The van der Waals surface area contributed by atoms with Crippen LogP contribution >= 0.6 is 11.6 Å². The first-order valence-corrected chi connectivity index (χ1v) is 5.72. The van der Waals surface area contributed by atoms with Crippen LogP contribution in [0.5, 0.6) is 5.88 Å². The second-order valence-electron chi connectivity index (χ2n) is 3.80. The molecule has 1 aromatic rings. The van der Waals surface area contributed by atoms with Crippen LogP contribution in [0.2, 0.25) is 5.02 Å². The van der Waals surface area contributed by atoms with Gasteiger partial charge in [-0.1, -0.05) is 11.6 Å². The summed E-state index contributed by atoms with van der Waals surface area (Å²) in [6.45, 7) is 1.71. The average molecular weight is 258 g/mol. The number of hydrogen-bond donors (Lipinski definition) is 1. The first kappa shape index (κ1) is 12.1. The highest BCUT2D eigenvalue weighted by Gasteiger charge is 2.22. The zero-order valence-electron chi connectivity index (χ0n) is 9.06. The second-order valence-corrected chi connectivity index (χ2v) is 4.24. The van der Waals surface area contributed by atoms with Crippen LogP contribution in [0, 0.1) is 10.1 Å². The first-order valence-electron chi connectivity index (χ1n) is 5.34. The van der Waals surface area contributed by atoms with Gasteiger partial charge in [-0.15, -0.1) is 0 Å². The maximum Gasteiger partial charge on any atom is 0.332 e. The minimum absolute atomic E-state index is 0.0244. The predicted molar refractivity (Wildman–Crippen MR) is 62.4 cm³/mol. The molecule has 7 heteroatoms. The molecule has 1 aromatic heterocycles. The lowest BCUT2D eigenvalue weighted by atomic mass is 10.1. The van der Waals surface area contributed by atoms with Crippen LogP contribution in [0.15, 0.2) is 12.3 Å². The maximum atomic E-state index is 10.8. The molecule has 1 saturated heterocycles. The van der Waals surface area contributed by atoms with Crippen LogP contribution < -0.4 is 10.1 Å². The monoisotopic (exact) mass is 257 g/mol. The third-order valence-electron chi connectivity index (χ3n) is 2.56. The molecule has 2 heterocycles. The molecule has 0 aromatic carbocycles. The number of halogens is 1. The normalized spacial score (nSPS) is 16.8. The topological polar surface area (TPSA) is 77.3 Å². The zero-order valence-corrected chi connectivity index (χ0v) is 9.81. The number of rotatable bonds is 3. The van der Waals surface area contributed by atoms with Crippen LogP contribution in [0.3, 0.4) is 0 Å². The third-order valence-corrected chi connectivity index (χ3v) is 2.77. The van der Waals surface area contributed by atoms with Gasteiger partial charge < -0.3 is 10.1 Å². The Morgan fingerprint density at radius 3 is 2.88 bits per heavy atom. The summed E-state index contributed by atoms with van der Waals surface area (Å²) in [5.41, 5.74) is -0.184. The van der Waals surface area contributed by atoms with Crippen molar-refractivity contribution < 1.29 is 9.66 Å². The van der Waals surface area contributed by atoms with E-state index in [0.717, 1.165) is 25.9 Å². The lowest BCUT2D eigenvalue weighted by Gasteiger charge is -2.22. The Morgan fingerprint density at radius 1 is 1.53 bits per heavy atom. The minimum Gasteiger partial charge on any atom is -0.469 e. The Balaban J connectivity index is 2.16. The first-order chi connectivity index (χ1) is 8.16. The third kappa shape index (κ3) is 3.04. The van der Waals surface area contributed by atoms with E-state index in [4.69, 9.17) is 16.3 Å². The molecule has 1 aliphatic heterocycles. The summed E-state index contributed by atoms with van der Waals surface area (Å²) in [6.07, 6.45) is 2.97. The summed E-state index contributed by atoms with van der Waals surface area (Å²) in [5.74, 6) is 0.0475. The summed E-state index contributed by atoms with van der Waals surface area (Å²) in [5, 5.41) is 14.3. The molecular weight excluding hydrogens is 246 g/mol. The Kier molecular flexibility index (Phi) is 3.75. The molecule has 17 heavy (non-hydrogen) atoms. The van der Waals surface area contributed by atoms with Gasteiger partial charge in [-0.3, -0.25) is 10.1 Å². The number of ether oxygens (including phenoxy) is 1. The molecule has 2 rings (SSSR count). The van der Waals surface area contributed by atoms with E-state index >= 15 is 0 Å². The Morgan fingerprint density at radius 2 is 2.24 bits per heavy atom. The van der Waals surface area contributed by atoms with Gasteiger partial charge in [0, 0.05) is 6.07 Å². The van der Waals surface area contributed by atoms with E-state index in [0.29, 0.717) is 0 Å². The molecule has 0 unspecified atom stereocenters. The number of nitrogens with zero attached hydrogens (tertiary/aromatic N) is 2. The van der Waals surface area contributed by atoms with Crippen molar-refractivity contribution in [2.75, 3.05) is 13.1 Å². The fraction of sp³-hybridized carbons (Fsp3) is 0.500. The number of pyridine rings is 1. The van der Waals surface area contributed by atoms with Gasteiger partial charge in [0.25, 0.3) is 5.88 Å². The second kappa shape index (κ2) is 5.29. The molecule has 0 spiro atoms. The highest BCUT2D eigenvalue weighted by atomic mass is 35.5. The van der Waals surface area contributed by atoms with Gasteiger partial charge in [-0.25, -0.2) is 4.98 Å². The quantitative estimate of drug-likeness (QED) is 0.660. The van der Waals surface area contributed by atoms with Crippen molar-refractivity contribution in [1.82, 2.24) is 10.3 Å². The molecule has 1 fully saturated rings. The molecular formula is C10H12ClN3O3. The van der Waals surface area contributed by atoms with Gasteiger partial charge >= 0.3 is 5.69 Å². The smallest absolute Gasteiger partial charge is 0.332 e. The van der Waals surface area contributed by atoms with Crippen LogP contribution in [0.4, 0.5) is 5.69 Å².